The lowest BCUT2D eigenvalue weighted by Crippen LogP contribution is -2.35. The molecule has 4 heterocycles. The van der Waals surface area contributed by atoms with Gasteiger partial charge in [0, 0.05) is 29.4 Å². The van der Waals surface area contributed by atoms with Crippen molar-refractivity contribution in [2.24, 2.45) is 4.99 Å². The predicted octanol–water partition coefficient (Wildman–Crippen LogP) is 6.39. The quantitative estimate of drug-likeness (QED) is 0.467. The number of aromatic nitrogens is 2. The fraction of sp³-hybridized carbons (Fsp3) is 0.407. The molecule has 2 aromatic heterocycles. The number of amidine groups is 1. The van der Waals surface area contributed by atoms with Crippen molar-refractivity contribution in [2.75, 3.05) is 5.75 Å². The van der Waals surface area contributed by atoms with Crippen LogP contribution < -0.4 is 0 Å². The van der Waals surface area contributed by atoms with Gasteiger partial charge in [-0.3, -0.25) is 9.98 Å². The average Bonchev–Trinajstić information content (AvgIpc) is 3.41. The van der Waals surface area contributed by atoms with Crippen molar-refractivity contribution in [3.8, 4) is 5.69 Å². The van der Waals surface area contributed by atoms with E-state index in [0.717, 1.165) is 17.9 Å². The largest absolute Gasteiger partial charge is 0.338 e. The van der Waals surface area contributed by atoms with Crippen molar-refractivity contribution < 1.29 is 0 Å². The Bertz CT molecular complexity index is 1170. The molecule has 1 saturated heterocycles. The Morgan fingerprint density at radius 2 is 1.78 bits per heavy atom. The predicted molar refractivity (Wildman–Crippen MR) is 135 cm³/mol. The number of fused-ring (bicyclic) bond motifs is 1. The molecule has 0 amide bonds. The van der Waals surface area contributed by atoms with Crippen molar-refractivity contribution in [1.29, 1.82) is 0 Å². The molecule has 1 aromatic carbocycles. The molecule has 3 atom stereocenters. The number of nitrogens with zero attached hydrogens (tertiary/aromatic N) is 4. The van der Waals surface area contributed by atoms with E-state index in [4.69, 9.17) is 9.98 Å². The van der Waals surface area contributed by atoms with Crippen LogP contribution >= 0.6 is 11.8 Å². The van der Waals surface area contributed by atoms with Gasteiger partial charge >= 0.3 is 0 Å². The molecule has 4 nitrogen and oxygen atoms in total. The fourth-order valence-corrected chi connectivity index (χ4v) is 6.98. The number of rotatable bonds is 4. The second kappa shape index (κ2) is 8.11. The van der Waals surface area contributed by atoms with Gasteiger partial charge in [0.2, 0.25) is 0 Å². The van der Waals surface area contributed by atoms with Crippen LogP contribution in [-0.4, -0.2) is 31.4 Å². The summed E-state index contributed by atoms with van der Waals surface area (Å²) >= 11 is 1.90. The van der Waals surface area contributed by atoms with E-state index in [9.17, 15) is 0 Å². The van der Waals surface area contributed by atoms with Gasteiger partial charge in [0.25, 0.3) is 0 Å². The molecule has 0 aliphatic carbocycles. The lowest BCUT2D eigenvalue weighted by molar-refractivity contribution is 0.254. The first-order valence-electron chi connectivity index (χ1n) is 11.6. The number of thioether (sulfide) groups is 1. The van der Waals surface area contributed by atoms with Crippen LogP contribution in [0.2, 0.25) is 0 Å². The summed E-state index contributed by atoms with van der Waals surface area (Å²) in [7, 11) is 0. The van der Waals surface area contributed by atoms with Crippen LogP contribution in [0.25, 0.3) is 5.69 Å². The van der Waals surface area contributed by atoms with E-state index in [0.29, 0.717) is 6.04 Å². The molecule has 3 aromatic rings. The highest BCUT2D eigenvalue weighted by Gasteiger charge is 2.46. The molecule has 0 bridgehead atoms. The first kappa shape index (κ1) is 21.3. The Balaban J connectivity index is 1.67. The van der Waals surface area contributed by atoms with Crippen LogP contribution in [0.3, 0.4) is 0 Å². The summed E-state index contributed by atoms with van der Waals surface area (Å²) in [4.78, 5) is 12.5. The molecule has 2 aliphatic rings. The van der Waals surface area contributed by atoms with Gasteiger partial charge in [0.05, 0.1) is 17.4 Å². The third kappa shape index (κ3) is 3.29. The van der Waals surface area contributed by atoms with E-state index >= 15 is 0 Å². The minimum atomic E-state index is 0.0298. The molecule has 1 fully saturated rings. The highest BCUT2D eigenvalue weighted by molar-refractivity contribution is 8.14. The van der Waals surface area contributed by atoms with Crippen LogP contribution in [0.1, 0.15) is 64.8 Å². The maximum atomic E-state index is 5.21. The van der Waals surface area contributed by atoms with E-state index in [1.165, 1.54) is 44.5 Å². The van der Waals surface area contributed by atoms with E-state index in [-0.39, 0.29) is 12.1 Å². The van der Waals surface area contributed by atoms with E-state index in [1.54, 1.807) is 0 Å². The molecule has 0 spiro atoms. The minimum absolute atomic E-state index is 0.0298. The zero-order valence-electron chi connectivity index (χ0n) is 19.9. The van der Waals surface area contributed by atoms with Gasteiger partial charge in [-0.05, 0) is 75.9 Å². The van der Waals surface area contributed by atoms with Crippen molar-refractivity contribution in [3.63, 3.8) is 0 Å². The van der Waals surface area contributed by atoms with Crippen LogP contribution in [0.4, 0.5) is 0 Å². The summed E-state index contributed by atoms with van der Waals surface area (Å²) < 4.78 is 2.46. The first-order chi connectivity index (χ1) is 15.4. The zero-order chi connectivity index (χ0) is 22.6. The molecule has 5 heteroatoms. The number of benzene rings is 1. The maximum absolute atomic E-state index is 5.21. The molecule has 32 heavy (non-hydrogen) atoms. The van der Waals surface area contributed by atoms with Gasteiger partial charge in [-0.1, -0.05) is 42.4 Å². The molecule has 166 valence electrons. The Labute approximate surface area is 195 Å². The molecule has 0 saturated carbocycles. The second-order valence-corrected chi connectivity index (χ2v) is 10.2. The molecular formula is C27H32N4S. The summed E-state index contributed by atoms with van der Waals surface area (Å²) in [6, 6.07) is 13.9. The molecule has 0 N–H and O–H groups in total. The third-order valence-corrected chi connectivity index (χ3v) is 8.10. The Morgan fingerprint density at radius 1 is 1.03 bits per heavy atom. The molecular weight excluding hydrogens is 412 g/mol. The van der Waals surface area contributed by atoms with Gasteiger partial charge in [0.15, 0.2) is 5.17 Å². The second-order valence-electron chi connectivity index (χ2n) is 9.25. The zero-order valence-corrected chi connectivity index (χ0v) is 20.7. The standard InChI is InChI=1S/C27H32N4S/c1-7-21-15-32-27-29-24(23-10-8-9-11-28-23)26(31(21)27)22-14-19(5)30(20(22)6)25-17(3)12-16(2)13-18(25)4/h8-14,21,24,26H,7,15H2,1-6H3/t21-,24-,26+/m1/s1. The first-order valence-corrected chi connectivity index (χ1v) is 12.6. The highest BCUT2D eigenvalue weighted by Crippen LogP contribution is 2.50. The molecule has 0 unspecified atom stereocenters. The van der Waals surface area contributed by atoms with Gasteiger partial charge in [-0.15, -0.1) is 0 Å². The average molecular weight is 445 g/mol. The van der Waals surface area contributed by atoms with Crippen molar-refractivity contribution in [3.05, 3.63) is 81.9 Å². The highest BCUT2D eigenvalue weighted by atomic mass is 32.2. The number of aliphatic imine (C=N–C) groups is 1. The van der Waals surface area contributed by atoms with Crippen LogP contribution in [0, 0.1) is 34.6 Å². The smallest absolute Gasteiger partial charge is 0.160 e. The fourth-order valence-electron chi connectivity index (χ4n) is 5.64. The Kier molecular flexibility index (Phi) is 5.40. The monoisotopic (exact) mass is 444 g/mol. The van der Waals surface area contributed by atoms with Gasteiger partial charge in [-0.25, -0.2) is 0 Å². The number of hydrogen-bond acceptors (Lipinski definition) is 4. The lowest BCUT2D eigenvalue weighted by Gasteiger charge is -2.32. The molecule has 0 radical (unpaired) electrons. The van der Waals surface area contributed by atoms with Gasteiger partial charge in [-0.2, -0.15) is 0 Å². The number of pyridine rings is 1. The maximum Gasteiger partial charge on any atom is 0.160 e. The molecule has 2 aliphatic heterocycles. The number of hydrogen-bond donors (Lipinski definition) is 0. The van der Waals surface area contributed by atoms with Crippen LogP contribution in [0.5, 0.6) is 0 Å². The summed E-state index contributed by atoms with van der Waals surface area (Å²) in [5, 5.41) is 1.19. The summed E-state index contributed by atoms with van der Waals surface area (Å²) in [6.07, 6.45) is 3.02. The lowest BCUT2D eigenvalue weighted by atomic mass is 9.95. The van der Waals surface area contributed by atoms with Crippen molar-refractivity contribution in [1.82, 2.24) is 14.5 Å². The Hall–Kier alpha value is -2.53. The van der Waals surface area contributed by atoms with E-state index in [1.807, 2.05) is 24.0 Å². The van der Waals surface area contributed by atoms with Crippen molar-refractivity contribution in [2.45, 2.75) is 66.1 Å². The SMILES string of the molecule is CC[C@@H]1CSC2=N[C@H](c3ccccn3)[C@H](c3cc(C)n(-c4c(C)cc(C)cc4C)c3C)N21. The normalized spacial score (nSPS) is 22.4. The Morgan fingerprint density at radius 3 is 2.44 bits per heavy atom. The summed E-state index contributed by atoms with van der Waals surface area (Å²) in [5.74, 6) is 1.12. The minimum Gasteiger partial charge on any atom is -0.338 e. The van der Waals surface area contributed by atoms with E-state index < -0.39 is 0 Å². The number of aryl methyl sites for hydroxylation is 4. The van der Waals surface area contributed by atoms with Crippen molar-refractivity contribution >= 4 is 16.9 Å². The summed E-state index contributed by atoms with van der Waals surface area (Å²) in [5.41, 5.74) is 10.3. The van der Waals surface area contributed by atoms with Crippen LogP contribution in [0.15, 0.2) is 47.6 Å². The summed E-state index contributed by atoms with van der Waals surface area (Å²) in [6.45, 7) is 13.4. The van der Waals surface area contributed by atoms with E-state index in [2.05, 4.69) is 81.3 Å². The van der Waals surface area contributed by atoms with Crippen LogP contribution in [-0.2, 0) is 0 Å². The third-order valence-electron chi connectivity index (χ3n) is 6.98. The van der Waals surface area contributed by atoms with Gasteiger partial charge in [0.1, 0.15) is 6.04 Å². The molecule has 5 rings (SSSR count). The van der Waals surface area contributed by atoms with Gasteiger partial charge < -0.3 is 9.47 Å². The topological polar surface area (TPSA) is 33.4 Å².